The fraction of sp³-hybridized carbons (Fsp3) is 0.500. The van der Waals surface area contributed by atoms with E-state index in [-0.39, 0.29) is 35.3 Å². The van der Waals surface area contributed by atoms with E-state index >= 15 is 0 Å². The summed E-state index contributed by atoms with van der Waals surface area (Å²) in [4.78, 5) is 25.0. The molecular weight excluding hydrogens is 206 g/mol. The zero-order valence-corrected chi connectivity index (χ0v) is 9.01. The van der Waals surface area contributed by atoms with Crippen molar-refractivity contribution in [1.29, 1.82) is 0 Å². The Morgan fingerprint density at radius 2 is 2.06 bits per heavy atom. The molecule has 4 nitrogen and oxygen atoms in total. The standard InChI is InChI=1S/C12H13NO3/c1-13-11(15)8-5-7-6(10(8)12(13)16)3-2-4-9(7)14/h2,4,6,8,10,14H,3,5H2,1H3/t6-,8+,10-/m1/s1. The number of carbonyl (C=O) groups is 2. The zero-order valence-electron chi connectivity index (χ0n) is 9.01. The van der Waals surface area contributed by atoms with E-state index < -0.39 is 0 Å². The molecule has 0 aromatic heterocycles. The molecule has 3 atom stereocenters. The number of hydrogen-bond acceptors (Lipinski definition) is 3. The SMILES string of the molecule is CN1C(=O)[C@H]2[C@H](CC3=C(O)C=CC[C@H]32)C1=O. The summed E-state index contributed by atoms with van der Waals surface area (Å²) in [7, 11) is 1.55. The lowest BCUT2D eigenvalue weighted by Gasteiger charge is -2.20. The average molecular weight is 219 g/mol. The van der Waals surface area contributed by atoms with Crippen LogP contribution in [-0.2, 0) is 9.59 Å². The summed E-state index contributed by atoms with van der Waals surface area (Å²) in [6.07, 6.45) is 4.85. The van der Waals surface area contributed by atoms with Gasteiger partial charge in [-0.1, -0.05) is 6.08 Å². The molecule has 4 heteroatoms. The number of likely N-dealkylation sites (tertiary alicyclic amines) is 1. The summed E-state index contributed by atoms with van der Waals surface area (Å²) in [6.45, 7) is 0. The molecule has 3 rings (SSSR count). The highest BCUT2D eigenvalue weighted by Crippen LogP contribution is 2.50. The van der Waals surface area contributed by atoms with Crippen molar-refractivity contribution >= 4 is 11.8 Å². The fourth-order valence-electron chi connectivity index (χ4n) is 3.20. The molecule has 16 heavy (non-hydrogen) atoms. The van der Waals surface area contributed by atoms with Gasteiger partial charge in [0.15, 0.2) is 0 Å². The number of fused-ring (bicyclic) bond motifs is 3. The van der Waals surface area contributed by atoms with Gasteiger partial charge in [-0.15, -0.1) is 0 Å². The number of nitrogens with zero attached hydrogens (tertiary/aromatic N) is 1. The van der Waals surface area contributed by atoms with E-state index in [2.05, 4.69) is 0 Å². The van der Waals surface area contributed by atoms with Crippen molar-refractivity contribution in [2.75, 3.05) is 7.05 Å². The van der Waals surface area contributed by atoms with Crippen LogP contribution < -0.4 is 0 Å². The molecule has 0 bridgehead atoms. The number of carbonyl (C=O) groups excluding carboxylic acids is 2. The van der Waals surface area contributed by atoms with Gasteiger partial charge in [0.2, 0.25) is 11.8 Å². The number of rotatable bonds is 0. The maximum Gasteiger partial charge on any atom is 0.233 e. The summed E-state index contributed by atoms with van der Waals surface area (Å²) in [5.74, 6) is -0.354. The van der Waals surface area contributed by atoms with E-state index in [0.29, 0.717) is 6.42 Å². The number of amides is 2. The topological polar surface area (TPSA) is 57.6 Å². The predicted octanol–water partition coefficient (Wildman–Crippen LogP) is 1.01. The van der Waals surface area contributed by atoms with Gasteiger partial charge in [0, 0.05) is 7.05 Å². The maximum atomic E-state index is 11.9. The first-order chi connectivity index (χ1) is 7.61. The van der Waals surface area contributed by atoms with Crippen LogP contribution in [0.25, 0.3) is 0 Å². The van der Waals surface area contributed by atoms with Crippen molar-refractivity contribution in [1.82, 2.24) is 4.90 Å². The Balaban J connectivity index is 2.04. The number of hydrogen-bond donors (Lipinski definition) is 1. The number of imide groups is 1. The second-order valence-corrected chi connectivity index (χ2v) is 4.73. The van der Waals surface area contributed by atoms with Gasteiger partial charge in [-0.25, -0.2) is 0 Å². The molecule has 1 saturated heterocycles. The Labute approximate surface area is 93.2 Å². The van der Waals surface area contributed by atoms with E-state index in [9.17, 15) is 14.7 Å². The van der Waals surface area contributed by atoms with Crippen LogP contribution in [0.4, 0.5) is 0 Å². The quantitative estimate of drug-likeness (QED) is 0.618. The van der Waals surface area contributed by atoms with E-state index in [1.54, 1.807) is 13.1 Å². The molecule has 1 saturated carbocycles. The van der Waals surface area contributed by atoms with Crippen LogP contribution in [0.3, 0.4) is 0 Å². The maximum absolute atomic E-state index is 11.9. The van der Waals surface area contributed by atoms with Crippen molar-refractivity contribution in [2.45, 2.75) is 12.8 Å². The monoisotopic (exact) mass is 219 g/mol. The van der Waals surface area contributed by atoms with Gasteiger partial charge in [-0.05, 0) is 30.4 Å². The van der Waals surface area contributed by atoms with Crippen LogP contribution >= 0.6 is 0 Å². The van der Waals surface area contributed by atoms with Crippen LogP contribution in [0.5, 0.6) is 0 Å². The molecule has 1 heterocycles. The minimum Gasteiger partial charge on any atom is -0.508 e. The van der Waals surface area contributed by atoms with E-state index in [0.717, 1.165) is 12.0 Å². The third kappa shape index (κ3) is 0.991. The molecule has 1 aliphatic heterocycles. The lowest BCUT2D eigenvalue weighted by atomic mass is 9.85. The normalized spacial score (nSPS) is 37.1. The van der Waals surface area contributed by atoms with Gasteiger partial charge in [0.1, 0.15) is 5.76 Å². The van der Waals surface area contributed by atoms with Crippen molar-refractivity contribution in [3.05, 3.63) is 23.5 Å². The number of aliphatic hydroxyl groups is 1. The lowest BCUT2D eigenvalue weighted by molar-refractivity contribution is -0.138. The molecule has 0 aromatic rings. The van der Waals surface area contributed by atoms with E-state index in [4.69, 9.17) is 0 Å². The van der Waals surface area contributed by atoms with Gasteiger partial charge in [0.25, 0.3) is 0 Å². The largest absolute Gasteiger partial charge is 0.508 e. The predicted molar refractivity (Wildman–Crippen MR) is 56.3 cm³/mol. The molecule has 0 spiro atoms. The molecule has 3 aliphatic rings. The summed E-state index contributed by atoms with van der Waals surface area (Å²) in [6, 6.07) is 0. The Morgan fingerprint density at radius 1 is 1.31 bits per heavy atom. The average Bonchev–Trinajstić information content (AvgIpc) is 2.74. The molecule has 2 aliphatic carbocycles. The summed E-state index contributed by atoms with van der Waals surface area (Å²) in [5, 5.41) is 9.73. The Hall–Kier alpha value is -1.58. The Kier molecular flexibility index (Phi) is 1.79. The highest BCUT2D eigenvalue weighted by atomic mass is 16.3. The summed E-state index contributed by atoms with van der Waals surface area (Å²) < 4.78 is 0. The second kappa shape index (κ2) is 2.97. The van der Waals surface area contributed by atoms with Gasteiger partial charge in [0.05, 0.1) is 11.8 Å². The highest BCUT2D eigenvalue weighted by molar-refractivity contribution is 6.06. The first-order valence-electron chi connectivity index (χ1n) is 5.51. The molecule has 0 radical (unpaired) electrons. The minimum absolute atomic E-state index is 0.0383. The van der Waals surface area contributed by atoms with E-state index in [1.165, 1.54) is 4.90 Å². The lowest BCUT2D eigenvalue weighted by Crippen LogP contribution is -2.29. The molecule has 0 unspecified atom stereocenters. The van der Waals surface area contributed by atoms with Gasteiger partial charge in [-0.3, -0.25) is 14.5 Å². The van der Waals surface area contributed by atoms with Crippen LogP contribution in [0, 0.1) is 17.8 Å². The number of allylic oxidation sites excluding steroid dienone is 3. The Morgan fingerprint density at radius 3 is 2.81 bits per heavy atom. The van der Waals surface area contributed by atoms with Crippen molar-refractivity contribution in [3.63, 3.8) is 0 Å². The van der Waals surface area contributed by atoms with Crippen LogP contribution in [-0.4, -0.2) is 28.9 Å². The highest BCUT2D eigenvalue weighted by Gasteiger charge is 2.55. The smallest absolute Gasteiger partial charge is 0.233 e. The summed E-state index contributed by atoms with van der Waals surface area (Å²) in [5.41, 5.74) is 0.896. The third-order valence-electron chi connectivity index (χ3n) is 4.01. The fourth-order valence-corrected chi connectivity index (χ4v) is 3.20. The van der Waals surface area contributed by atoms with Gasteiger partial charge in [-0.2, -0.15) is 0 Å². The number of aliphatic hydroxyl groups excluding tert-OH is 1. The van der Waals surface area contributed by atoms with Crippen LogP contribution in [0.15, 0.2) is 23.5 Å². The molecular formula is C12H13NO3. The second-order valence-electron chi connectivity index (χ2n) is 4.73. The summed E-state index contributed by atoms with van der Waals surface area (Å²) >= 11 is 0. The molecule has 2 fully saturated rings. The first-order valence-corrected chi connectivity index (χ1v) is 5.51. The van der Waals surface area contributed by atoms with Crippen LogP contribution in [0.1, 0.15) is 12.8 Å². The third-order valence-corrected chi connectivity index (χ3v) is 4.01. The molecule has 2 amide bonds. The van der Waals surface area contributed by atoms with E-state index in [1.807, 2.05) is 6.08 Å². The molecule has 0 aromatic carbocycles. The van der Waals surface area contributed by atoms with Crippen LogP contribution in [0.2, 0.25) is 0 Å². The minimum atomic E-state index is -0.237. The van der Waals surface area contributed by atoms with Crippen molar-refractivity contribution in [3.8, 4) is 0 Å². The van der Waals surface area contributed by atoms with Crippen molar-refractivity contribution < 1.29 is 14.7 Å². The Bertz CT molecular complexity index is 449. The molecule has 1 N–H and O–H groups in total. The van der Waals surface area contributed by atoms with Gasteiger partial charge >= 0.3 is 0 Å². The molecule has 84 valence electrons. The zero-order chi connectivity index (χ0) is 11.4. The van der Waals surface area contributed by atoms with Crippen molar-refractivity contribution in [2.24, 2.45) is 17.8 Å². The first kappa shape index (κ1) is 9.63. The van der Waals surface area contributed by atoms with Gasteiger partial charge < -0.3 is 5.11 Å².